The van der Waals surface area contributed by atoms with Crippen LogP contribution in [-0.2, 0) is 21.0 Å². The molecule has 0 fully saturated rings. The van der Waals surface area contributed by atoms with Crippen LogP contribution in [0.5, 0.6) is 0 Å². The molecule has 0 aliphatic carbocycles. The monoisotopic (exact) mass is 300 g/mol. The number of pyridine rings is 1. The second-order valence-corrected chi connectivity index (χ2v) is 3.88. The summed E-state index contributed by atoms with van der Waals surface area (Å²) < 4.78 is 5.37. The molecule has 17 heavy (non-hydrogen) atoms. The highest BCUT2D eigenvalue weighted by atomic mass is 79.9. The number of ether oxygens (including phenoxy) is 1. The van der Waals surface area contributed by atoms with Gasteiger partial charge in [-0.05, 0) is 28.9 Å². The van der Waals surface area contributed by atoms with E-state index in [0.717, 1.165) is 5.56 Å². The zero-order valence-corrected chi connectivity index (χ0v) is 11.2. The summed E-state index contributed by atoms with van der Waals surface area (Å²) in [5.74, 6) is -0.312. The van der Waals surface area contributed by atoms with Gasteiger partial charge in [-0.1, -0.05) is 11.2 Å². The fraction of sp³-hybridized carbons (Fsp3) is 0.364. The van der Waals surface area contributed by atoms with Crippen LogP contribution < -0.4 is 0 Å². The molecule has 0 aliphatic heterocycles. The number of carbonyl (C=O) groups is 1. The number of hydrogen-bond acceptors (Lipinski definition) is 5. The third-order valence-electron chi connectivity index (χ3n) is 1.75. The maximum Gasteiger partial charge on any atom is 0.302 e. The average Bonchev–Trinajstić information content (AvgIpc) is 2.34. The van der Waals surface area contributed by atoms with E-state index in [1.54, 1.807) is 12.3 Å². The van der Waals surface area contributed by atoms with Gasteiger partial charge in [0.05, 0.1) is 5.69 Å². The van der Waals surface area contributed by atoms with E-state index in [9.17, 15) is 4.79 Å². The van der Waals surface area contributed by atoms with Gasteiger partial charge < -0.3 is 9.57 Å². The third-order valence-corrected chi connectivity index (χ3v) is 2.30. The summed E-state index contributed by atoms with van der Waals surface area (Å²) in [5, 5.41) is 3.80. The van der Waals surface area contributed by atoms with Crippen molar-refractivity contribution in [2.75, 3.05) is 6.61 Å². The van der Waals surface area contributed by atoms with Crippen LogP contribution in [0.4, 0.5) is 0 Å². The molecule has 0 spiro atoms. The Morgan fingerprint density at radius 1 is 1.53 bits per heavy atom. The molecule has 1 heterocycles. The molecule has 0 bridgehead atoms. The van der Waals surface area contributed by atoms with Crippen LogP contribution in [0.15, 0.2) is 23.5 Å². The lowest BCUT2D eigenvalue weighted by Gasteiger charge is -2.03. The Morgan fingerprint density at radius 2 is 2.29 bits per heavy atom. The Labute approximate surface area is 108 Å². The zero-order chi connectivity index (χ0) is 12.7. The molecule has 1 rings (SSSR count). The lowest BCUT2D eigenvalue weighted by Crippen LogP contribution is -2.01. The normalized spacial score (nSPS) is 11.1. The first-order valence-electron chi connectivity index (χ1n) is 5.07. The van der Waals surface area contributed by atoms with Crippen molar-refractivity contribution in [3.05, 3.63) is 29.6 Å². The van der Waals surface area contributed by atoms with Crippen LogP contribution in [0.25, 0.3) is 0 Å². The van der Waals surface area contributed by atoms with E-state index in [2.05, 4.69) is 26.1 Å². The first kappa shape index (κ1) is 13.6. The van der Waals surface area contributed by atoms with Gasteiger partial charge in [0.2, 0.25) is 0 Å². The highest BCUT2D eigenvalue weighted by Gasteiger charge is 2.03. The van der Waals surface area contributed by atoms with E-state index in [0.29, 0.717) is 16.9 Å². The van der Waals surface area contributed by atoms with Crippen molar-refractivity contribution >= 4 is 26.5 Å². The highest BCUT2D eigenvalue weighted by Crippen LogP contribution is 2.07. The maximum atomic E-state index is 10.6. The Hall–Kier alpha value is -1.43. The Balaban J connectivity index is 2.64. The van der Waals surface area contributed by atoms with Crippen LogP contribution in [0.3, 0.4) is 0 Å². The fourth-order valence-corrected chi connectivity index (χ4v) is 1.32. The zero-order valence-electron chi connectivity index (χ0n) is 9.64. The first-order chi connectivity index (χ1) is 8.13. The van der Waals surface area contributed by atoms with E-state index < -0.39 is 0 Å². The predicted molar refractivity (Wildman–Crippen MR) is 66.8 cm³/mol. The van der Waals surface area contributed by atoms with Crippen molar-refractivity contribution in [2.45, 2.75) is 20.5 Å². The summed E-state index contributed by atoms with van der Waals surface area (Å²) in [6.07, 6.45) is 1.63. The SMILES string of the molecule is CCON=C(Br)c1ccc(COC(C)=O)cn1. The lowest BCUT2D eigenvalue weighted by atomic mass is 10.3. The molecular weight excluding hydrogens is 288 g/mol. The fourth-order valence-electron chi connectivity index (χ4n) is 0.985. The topological polar surface area (TPSA) is 60.8 Å². The smallest absolute Gasteiger partial charge is 0.302 e. The number of aromatic nitrogens is 1. The number of esters is 1. The molecule has 1 aromatic rings. The summed E-state index contributed by atoms with van der Waals surface area (Å²) in [4.78, 5) is 19.7. The van der Waals surface area contributed by atoms with E-state index in [4.69, 9.17) is 9.57 Å². The van der Waals surface area contributed by atoms with Crippen LogP contribution in [0, 0.1) is 0 Å². The van der Waals surface area contributed by atoms with E-state index >= 15 is 0 Å². The van der Waals surface area contributed by atoms with Gasteiger partial charge in [0, 0.05) is 18.7 Å². The third kappa shape index (κ3) is 4.95. The van der Waals surface area contributed by atoms with Crippen molar-refractivity contribution in [3.63, 3.8) is 0 Å². The van der Waals surface area contributed by atoms with Gasteiger partial charge in [-0.2, -0.15) is 0 Å². The summed E-state index contributed by atoms with van der Waals surface area (Å²) in [7, 11) is 0. The van der Waals surface area contributed by atoms with Gasteiger partial charge >= 0.3 is 5.97 Å². The van der Waals surface area contributed by atoms with Crippen molar-refractivity contribution in [2.24, 2.45) is 5.16 Å². The van der Waals surface area contributed by atoms with E-state index in [1.165, 1.54) is 6.92 Å². The molecule has 0 amide bonds. The van der Waals surface area contributed by atoms with Gasteiger partial charge in [-0.25, -0.2) is 0 Å². The molecular formula is C11H13BrN2O3. The molecule has 0 saturated carbocycles. The minimum Gasteiger partial charge on any atom is -0.461 e. The second-order valence-electron chi connectivity index (χ2n) is 3.13. The van der Waals surface area contributed by atoms with Crippen LogP contribution in [0.2, 0.25) is 0 Å². The highest BCUT2D eigenvalue weighted by molar-refractivity contribution is 9.18. The Bertz CT molecular complexity index is 404. The molecule has 6 heteroatoms. The summed E-state index contributed by atoms with van der Waals surface area (Å²) in [5.41, 5.74) is 1.48. The Morgan fingerprint density at radius 3 is 2.82 bits per heavy atom. The summed E-state index contributed by atoms with van der Waals surface area (Å²) >= 11 is 3.25. The number of carbonyl (C=O) groups excluding carboxylic acids is 1. The number of hydrogen-bond donors (Lipinski definition) is 0. The molecule has 1 aromatic heterocycles. The average molecular weight is 301 g/mol. The molecule has 0 unspecified atom stereocenters. The molecule has 0 saturated heterocycles. The minimum atomic E-state index is -0.312. The van der Waals surface area contributed by atoms with Crippen LogP contribution >= 0.6 is 15.9 Å². The molecule has 5 nitrogen and oxygen atoms in total. The minimum absolute atomic E-state index is 0.225. The predicted octanol–water partition coefficient (Wildman–Crippen LogP) is 2.24. The quantitative estimate of drug-likeness (QED) is 0.475. The lowest BCUT2D eigenvalue weighted by molar-refractivity contribution is -0.142. The molecule has 0 atom stereocenters. The van der Waals surface area contributed by atoms with Crippen LogP contribution in [0.1, 0.15) is 25.1 Å². The standard InChI is InChI=1S/C11H13BrN2O3/c1-3-17-14-11(12)10-5-4-9(6-13-10)7-16-8(2)15/h4-6H,3,7H2,1-2H3. The van der Waals surface area contributed by atoms with Gasteiger partial charge in [0.1, 0.15) is 13.2 Å². The number of halogens is 1. The molecule has 92 valence electrons. The molecule has 0 aliphatic rings. The maximum absolute atomic E-state index is 10.6. The molecule has 0 radical (unpaired) electrons. The van der Waals surface area contributed by atoms with E-state index in [1.807, 2.05) is 13.0 Å². The first-order valence-corrected chi connectivity index (χ1v) is 5.87. The number of rotatable bonds is 5. The summed E-state index contributed by atoms with van der Waals surface area (Å²) in [6.45, 7) is 3.94. The van der Waals surface area contributed by atoms with E-state index in [-0.39, 0.29) is 12.6 Å². The largest absolute Gasteiger partial charge is 0.461 e. The summed E-state index contributed by atoms with van der Waals surface area (Å²) in [6, 6.07) is 3.58. The van der Waals surface area contributed by atoms with Crippen molar-refractivity contribution in [3.8, 4) is 0 Å². The molecule has 0 aromatic carbocycles. The van der Waals surface area contributed by atoms with Crippen molar-refractivity contribution < 1.29 is 14.4 Å². The van der Waals surface area contributed by atoms with Gasteiger partial charge in [-0.15, -0.1) is 0 Å². The Kier molecular flexibility index (Phi) is 5.62. The second kappa shape index (κ2) is 7.01. The van der Waals surface area contributed by atoms with Gasteiger partial charge in [0.25, 0.3) is 0 Å². The van der Waals surface area contributed by atoms with Gasteiger partial charge in [0.15, 0.2) is 4.62 Å². The van der Waals surface area contributed by atoms with Gasteiger partial charge in [-0.3, -0.25) is 9.78 Å². The van der Waals surface area contributed by atoms with Crippen molar-refractivity contribution in [1.29, 1.82) is 0 Å². The number of oxime groups is 1. The van der Waals surface area contributed by atoms with Crippen molar-refractivity contribution in [1.82, 2.24) is 4.98 Å². The molecule has 0 N–H and O–H groups in total. The van der Waals surface area contributed by atoms with Crippen LogP contribution in [-0.4, -0.2) is 22.2 Å². The number of nitrogens with zero attached hydrogens (tertiary/aromatic N) is 2.